The highest BCUT2D eigenvalue weighted by molar-refractivity contribution is 14.1. The van der Waals surface area contributed by atoms with Crippen molar-refractivity contribution in [3.8, 4) is 0 Å². The standard InChI is InChI=1S/C12H21I/c1-2-3-4-5-6-7-8-9-10-11-12-13/h7-10H,2-6,11-12H2,1H3. The van der Waals surface area contributed by atoms with Gasteiger partial charge in [-0.05, 0) is 19.3 Å². The van der Waals surface area contributed by atoms with Crippen molar-refractivity contribution < 1.29 is 0 Å². The molecule has 0 fully saturated rings. The smallest absolute Gasteiger partial charge is 0.00300 e. The van der Waals surface area contributed by atoms with Crippen molar-refractivity contribution in [1.29, 1.82) is 0 Å². The zero-order valence-electron chi connectivity index (χ0n) is 8.64. The zero-order chi connectivity index (χ0) is 9.78. The Balaban J connectivity index is 3.12. The quantitative estimate of drug-likeness (QED) is 0.258. The summed E-state index contributed by atoms with van der Waals surface area (Å²) in [6.07, 6.45) is 16.8. The third-order valence-corrected chi connectivity index (χ3v) is 2.51. The minimum Gasteiger partial charge on any atom is -0.0860 e. The molecule has 0 saturated heterocycles. The Labute approximate surface area is 96.6 Å². The summed E-state index contributed by atoms with van der Waals surface area (Å²) in [5, 5.41) is 0. The van der Waals surface area contributed by atoms with E-state index in [1.54, 1.807) is 0 Å². The first-order valence-electron chi connectivity index (χ1n) is 5.29. The summed E-state index contributed by atoms with van der Waals surface area (Å²) >= 11 is 2.40. The van der Waals surface area contributed by atoms with Crippen molar-refractivity contribution in [2.24, 2.45) is 0 Å². The minimum atomic E-state index is 1.20. The normalized spacial score (nSPS) is 11.8. The van der Waals surface area contributed by atoms with Gasteiger partial charge in [-0.15, -0.1) is 0 Å². The molecule has 0 heterocycles. The Morgan fingerprint density at radius 1 is 0.923 bits per heavy atom. The van der Waals surface area contributed by atoms with E-state index >= 15 is 0 Å². The molecular formula is C12H21I. The molecule has 0 nitrogen and oxygen atoms in total. The molecule has 0 aliphatic heterocycles. The molecule has 0 saturated carbocycles. The Hall–Kier alpha value is 0.210. The molecule has 0 aromatic heterocycles. The molecule has 0 spiro atoms. The Morgan fingerprint density at radius 3 is 2.23 bits per heavy atom. The van der Waals surface area contributed by atoms with Gasteiger partial charge >= 0.3 is 0 Å². The fourth-order valence-electron chi connectivity index (χ4n) is 1.10. The predicted octanol–water partition coefficient (Wildman–Crippen LogP) is 4.89. The Bertz CT molecular complexity index is 136. The maximum Gasteiger partial charge on any atom is 0.00300 e. The van der Waals surface area contributed by atoms with Crippen LogP contribution in [0.25, 0.3) is 0 Å². The van der Waals surface area contributed by atoms with Crippen LogP contribution in [-0.4, -0.2) is 4.43 Å². The number of alkyl halides is 1. The lowest BCUT2D eigenvalue weighted by atomic mass is 10.1. The van der Waals surface area contributed by atoms with E-state index in [9.17, 15) is 0 Å². The van der Waals surface area contributed by atoms with Gasteiger partial charge in [-0.1, -0.05) is 73.1 Å². The van der Waals surface area contributed by atoms with E-state index < -0.39 is 0 Å². The maximum atomic E-state index is 2.40. The molecular weight excluding hydrogens is 271 g/mol. The van der Waals surface area contributed by atoms with Crippen LogP contribution in [0.2, 0.25) is 0 Å². The third kappa shape index (κ3) is 12.2. The molecule has 0 aromatic carbocycles. The number of rotatable bonds is 8. The van der Waals surface area contributed by atoms with Gasteiger partial charge in [0.1, 0.15) is 0 Å². The topological polar surface area (TPSA) is 0 Å². The van der Waals surface area contributed by atoms with Crippen LogP contribution in [0.15, 0.2) is 24.3 Å². The predicted molar refractivity (Wildman–Crippen MR) is 70.5 cm³/mol. The van der Waals surface area contributed by atoms with Gasteiger partial charge in [0.25, 0.3) is 0 Å². The van der Waals surface area contributed by atoms with E-state index in [-0.39, 0.29) is 0 Å². The Morgan fingerprint density at radius 2 is 1.62 bits per heavy atom. The molecule has 0 rings (SSSR count). The van der Waals surface area contributed by atoms with Crippen LogP contribution in [0.4, 0.5) is 0 Å². The molecule has 0 radical (unpaired) electrons. The van der Waals surface area contributed by atoms with Crippen LogP contribution in [0.3, 0.4) is 0 Å². The lowest BCUT2D eigenvalue weighted by molar-refractivity contribution is 0.674. The summed E-state index contributed by atoms with van der Waals surface area (Å²) in [4.78, 5) is 0. The number of allylic oxidation sites excluding steroid dienone is 4. The fraction of sp³-hybridized carbons (Fsp3) is 0.667. The number of halogens is 1. The van der Waals surface area contributed by atoms with E-state index in [0.29, 0.717) is 0 Å². The lowest BCUT2D eigenvalue weighted by Crippen LogP contribution is -1.73. The van der Waals surface area contributed by atoms with Gasteiger partial charge in [-0.3, -0.25) is 0 Å². The van der Waals surface area contributed by atoms with Gasteiger partial charge in [0.15, 0.2) is 0 Å². The van der Waals surface area contributed by atoms with E-state index in [1.165, 1.54) is 43.0 Å². The summed E-state index contributed by atoms with van der Waals surface area (Å²) in [5.74, 6) is 0. The fourth-order valence-corrected chi connectivity index (χ4v) is 1.46. The summed E-state index contributed by atoms with van der Waals surface area (Å²) in [6.45, 7) is 2.25. The molecule has 0 aromatic rings. The van der Waals surface area contributed by atoms with Crippen LogP contribution in [-0.2, 0) is 0 Å². The van der Waals surface area contributed by atoms with E-state index in [4.69, 9.17) is 0 Å². The second-order valence-electron chi connectivity index (χ2n) is 3.18. The molecule has 0 amide bonds. The second kappa shape index (κ2) is 12.2. The van der Waals surface area contributed by atoms with Gasteiger partial charge in [0.2, 0.25) is 0 Å². The molecule has 0 atom stereocenters. The van der Waals surface area contributed by atoms with Crippen LogP contribution in [0.5, 0.6) is 0 Å². The minimum absolute atomic E-state index is 1.20. The van der Waals surface area contributed by atoms with Crippen molar-refractivity contribution in [2.45, 2.75) is 45.4 Å². The van der Waals surface area contributed by atoms with Crippen LogP contribution < -0.4 is 0 Å². The first-order chi connectivity index (χ1) is 6.41. The molecule has 0 aliphatic carbocycles. The SMILES string of the molecule is CCCCCCC=CC=CCCI. The van der Waals surface area contributed by atoms with E-state index in [1.807, 2.05) is 0 Å². The number of hydrogen-bond donors (Lipinski definition) is 0. The van der Waals surface area contributed by atoms with Gasteiger partial charge in [-0.25, -0.2) is 0 Å². The lowest BCUT2D eigenvalue weighted by Gasteiger charge is -1.92. The summed E-state index contributed by atoms with van der Waals surface area (Å²) in [5.41, 5.74) is 0. The number of hydrogen-bond acceptors (Lipinski definition) is 0. The highest BCUT2D eigenvalue weighted by Gasteiger charge is 1.82. The van der Waals surface area contributed by atoms with Crippen molar-refractivity contribution >= 4 is 22.6 Å². The Kier molecular flexibility index (Phi) is 12.4. The number of unbranched alkanes of at least 4 members (excludes halogenated alkanes) is 4. The van der Waals surface area contributed by atoms with Gasteiger partial charge in [0, 0.05) is 4.43 Å². The van der Waals surface area contributed by atoms with Crippen LogP contribution >= 0.6 is 22.6 Å². The van der Waals surface area contributed by atoms with Gasteiger partial charge in [0.05, 0.1) is 0 Å². The summed E-state index contributed by atoms with van der Waals surface area (Å²) in [6, 6.07) is 0. The van der Waals surface area contributed by atoms with Crippen molar-refractivity contribution in [3.05, 3.63) is 24.3 Å². The average molecular weight is 292 g/mol. The molecule has 0 N–H and O–H groups in total. The first-order valence-corrected chi connectivity index (χ1v) is 6.82. The van der Waals surface area contributed by atoms with Crippen molar-refractivity contribution in [1.82, 2.24) is 0 Å². The average Bonchev–Trinajstić information content (AvgIpc) is 2.16. The molecule has 0 aliphatic rings. The summed E-state index contributed by atoms with van der Waals surface area (Å²) < 4.78 is 1.22. The first kappa shape index (κ1) is 13.2. The highest BCUT2D eigenvalue weighted by Crippen LogP contribution is 2.02. The third-order valence-electron chi connectivity index (χ3n) is 1.88. The van der Waals surface area contributed by atoms with E-state index in [0.717, 1.165) is 0 Å². The van der Waals surface area contributed by atoms with E-state index in [2.05, 4.69) is 53.8 Å². The molecule has 0 bridgehead atoms. The second-order valence-corrected chi connectivity index (χ2v) is 4.26. The highest BCUT2D eigenvalue weighted by atomic mass is 127. The molecule has 76 valence electrons. The molecule has 0 unspecified atom stereocenters. The monoisotopic (exact) mass is 292 g/mol. The van der Waals surface area contributed by atoms with Crippen molar-refractivity contribution in [3.63, 3.8) is 0 Å². The van der Waals surface area contributed by atoms with Gasteiger partial charge in [-0.2, -0.15) is 0 Å². The maximum absolute atomic E-state index is 2.40. The summed E-state index contributed by atoms with van der Waals surface area (Å²) in [7, 11) is 0. The van der Waals surface area contributed by atoms with Crippen molar-refractivity contribution in [2.75, 3.05) is 4.43 Å². The molecule has 1 heteroatoms. The largest absolute Gasteiger partial charge is 0.0860 e. The molecule has 13 heavy (non-hydrogen) atoms. The zero-order valence-corrected chi connectivity index (χ0v) is 10.8. The van der Waals surface area contributed by atoms with Crippen LogP contribution in [0, 0.1) is 0 Å². The van der Waals surface area contributed by atoms with Gasteiger partial charge < -0.3 is 0 Å². The van der Waals surface area contributed by atoms with Crippen LogP contribution in [0.1, 0.15) is 45.4 Å².